The lowest BCUT2D eigenvalue weighted by molar-refractivity contribution is -0.142. The van der Waals surface area contributed by atoms with Crippen LogP contribution in [0.15, 0.2) is 127 Å². The first kappa shape index (κ1) is 117. The summed E-state index contributed by atoms with van der Waals surface area (Å²) in [5.41, 5.74) is 33.6. The molecule has 0 radical (unpaired) electrons. The smallest absolute Gasteiger partial charge is 0.341 e. The molecular formula is C100H142N20O23S. The molecule has 1 aliphatic heterocycles. The molecule has 0 spiro atoms. The Balaban J connectivity index is 1.35. The maximum Gasteiger partial charge on any atom is 0.341 e. The number of phenols is 1. The summed E-state index contributed by atoms with van der Waals surface area (Å²) in [5.74, 6) is -22.6. The van der Waals surface area contributed by atoms with Crippen molar-refractivity contribution in [3.63, 3.8) is 0 Å². The molecular weight excluding hydrogens is 1880 g/mol. The molecule has 1 unspecified atom stereocenters. The van der Waals surface area contributed by atoms with Gasteiger partial charge in [-0.2, -0.15) is 0 Å². The van der Waals surface area contributed by atoms with E-state index >= 15 is 38.4 Å². The fraction of sp³-hybridized carbons (Fsp3) is 0.520. The molecule has 44 heteroatoms. The van der Waals surface area contributed by atoms with E-state index in [9.17, 15) is 68.4 Å². The van der Waals surface area contributed by atoms with E-state index in [-0.39, 0.29) is 119 Å². The van der Waals surface area contributed by atoms with Crippen LogP contribution >= 0.6 is 11.8 Å². The van der Waals surface area contributed by atoms with Crippen LogP contribution in [0.1, 0.15) is 159 Å². The van der Waals surface area contributed by atoms with E-state index in [0.29, 0.717) is 46.9 Å². The summed E-state index contributed by atoms with van der Waals surface area (Å²) >= 11 is 0.689. The molecule has 1 saturated carbocycles. The molecule has 5 aromatic rings. The van der Waals surface area contributed by atoms with Crippen molar-refractivity contribution in [1.82, 2.24) is 79.8 Å². The quantitative estimate of drug-likeness (QED) is 0.0225. The van der Waals surface area contributed by atoms with Crippen molar-refractivity contribution in [2.45, 2.75) is 255 Å². The average molecular weight is 2020 g/mol. The van der Waals surface area contributed by atoms with Crippen LogP contribution in [0.4, 0.5) is 0 Å². The summed E-state index contributed by atoms with van der Waals surface area (Å²) in [4.78, 5) is 262. The molecule has 0 bridgehead atoms. The van der Waals surface area contributed by atoms with E-state index in [1.54, 1.807) is 97.0 Å². The summed E-state index contributed by atoms with van der Waals surface area (Å²) in [6, 6.07) is 9.68. The van der Waals surface area contributed by atoms with Gasteiger partial charge in [-0.1, -0.05) is 182 Å². The van der Waals surface area contributed by atoms with Gasteiger partial charge in [-0.15, -0.1) is 11.8 Å². The Morgan fingerprint density at radius 1 is 0.438 bits per heavy atom. The number of nitrogens with one attached hydrogen (secondary N) is 15. The third-order valence-corrected chi connectivity index (χ3v) is 25.3. The number of aliphatic hydroxyl groups is 1. The predicted molar refractivity (Wildman–Crippen MR) is 535 cm³/mol. The van der Waals surface area contributed by atoms with Gasteiger partial charge in [-0.3, -0.25) is 81.5 Å². The number of aryl methyl sites for hydroxylation is 1. The van der Waals surface area contributed by atoms with Gasteiger partial charge in [-0.05, 0) is 159 Å². The van der Waals surface area contributed by atoms with E-state index in [2.05, 4.69) is 79.8 Å². The first-order valence-electron chi connectivity index (χ1n) is 48.6. The van der Waals surface area contributed by atoms with E-state index in [1.165, 1.54) is 48.5 Å². The van der Waals surface area contributed by atoms with Crippen LogP contribution in [-0.4, -0.2) is 268 Å². The highest BCUT2D eigenvalue weighted by Gasteiger charge is 2.42. The van der Waals surface area contributed by atoms with Crippen molar-refractivity contribution in [3.05, 3.63) is 155 Å². The molecule has 0 aromatic heterocycles. The van der Waals surface area contributed by atoms with E-state index in [1.807, 2.05) is 30.3 Å². The third kappa shape index (κ3) is 39.5. The highest BCUT2D eigenvalue weighted by atomic mass is 32.2. The van der Waals surface area contributed by atoms with Gasteiger partial charge in [0.05, 0.1) is 12.2 Å². The van der Waals surface area contributed by atoms with E-state index in [4.69, 9.17) is 33.4 Å². The van der Waals surface area contributed by atoms with Crippen LogP contribution in [0.5, 0.6) is 11.5 Å². The van der Waals surface area contributed by atoms with Crippen molar-refractivity contribution < 1.29 is 111 Å². The minimum Gasteiger partial charge on any atom is -0.508 e. The Morgan fingerprint density at radius 3 is 1.37 bits per heavy atom. The number of aliphatic carboxylic acids is 2. The van der Waals surface area contributed by atoms with Crippen LogP contribution in [0.3, 0.4) is 0 Å². The number of carbonyl (C=O) groups excluding carboxylic acids is 16. The number of rotatable bonds is 34. The second-order valence-electron chi connectivity index (χ2n) is 37.2. The van der Waals surface area contributed by atoms with Crippen LogP contribution in [-0.2, 0) is 112 Å². The lowest BCUT2D eigenvalue weighted by Gasteiger charge is -2.31. The molecule has 16 amide bonds. The van der Waals surface area contributed by atoms with Crippen molar-refractivity contribution in [1.29, 1.82) is 0 Å². The van der Waals surface area contributed by atoms with Crippen molar-refractivity contribution in [2.24, 2.45) is 52.3 Å². The van der Waals surface area contributed by atoms with Crippen LogP contribution in [0, 0.1) is 30.6 Å². The van der Waals surface area contributed by atoms with E-state index in [0.717, 1.165) is 30.4 Å². The maximum atomic E-state index is 15.6. The second-order valence-corrected chi connectivity index (χ2v) is 38.3. The number of hydrogen-bond donors (Lipinski definition) is 24. The molecule has 7 rings (SSSR count). The maximum absolute atomic E-state index is 15.6. The zero-order chi connectivity index (χ0) is 106. The Labute approximate surface area is 840 Å². The zero-order valence-corrected chi connectivity index (χ0v) is 83.1. The molecule has 2 fully saturated rings. The average Bonchev–Trinajstić information content (AvgIpc) is 0.830. The van der Waals surface area contributed by atoms with Crippen molar-refractivity contribution in [2.75, 3.05) is 50.9 Å². The monoisotopic (exact) mass is 2020 g/mol. The molecule has 43 nitrogen and oxygen atoms in total. The Morgan fingerprint density at radius 2 is 0.875 bits per heavy atom. The minimum atomic E-state index is -2.11. The third-order valence-electron chi connectivity index (χ3n) is 24.3. The van der Waals surface area contributed by atoms with Gasteiger partial charge in [-0.25, -0.2) is 4.79 Å². The Bertz CT molecular complexity index is 5150. The van der Waals surface area contributed by atoms with Gasteiger partial charge in [0.1, 0.15) is 102 Å². The largest absolute Gasteiger partial charge is 0.508 e. The van der Waals surface area contributed by atoms with Gasteiger partial charge in [0.25, 0.3) is 0 Å². The lowest BCUT2D eigenvalue weighted by Crippen LogP contribution is -2.62. The Hall–Kier alpha value is -13.7. The summed E-state index contributed by atoms with van der Waals surface area (Å²) in [6.07, 6.45) is 0.163. The van der Waals surface area contributed by atoms with Crippen molar-refractivity contribution in [3.8, 4) is 22.6 Å². The Kier molecular flexibility index (Phi) is 48.9. The molecule has 5 aromatic carbocycles. The summed E-state index contributed by atoms with van der Waals surface area (Å²) < 4.78 is 5.30. The number of primary amides is 1. The number of amides is 16. The SMILES string of the molecule is Cc1cccc(C[C@@H]2NC(=O)[C@H](CC(=O)O)NC(=O)[C@H](Cc3ccc(OCC(=O)O)cc3)NC(=O)[C@H](CN)NC(=O)CSC[C@@H](C(=O)N[C@@H](CCN)C(N)=O)NC(=O)C(CCCO)NC(=O)[C@H](C(C)C)NC(=O)[C@H](CC3CCCCC3)NC(=O)[C@H](CCN)NC(=O)[C@@H](CC(C)C)NC(=O)[C@H](CCCN)NC(=O)[C@H](Cc3ccc(O)cc3)NC(=O)[C@H](Cc3ccc(-c4ccccc4)cc3)NC(=O)[C@H](C(C)C)NC2=O)c1. The lowest BCUT2D eigenvalue weighted by atomic mass is 9.84. The molecule has 1 saturated heterocycles. The number of aliphatic hydroxyl groups excluding tert-OH is 1. The topological polar surface area (TPSA) is 708 Å². The standard InChI is InChI=1S/C100H142N20O23S/c1-55(2)43-72-90(132)109-71(38-41-103)89(131)112-76(45-59-18-10-8-11-19-59)95(137)119-84(56(3)4)99(141)110-70(24-16-42-121)88(130)118-80(98(140)107-68(37-40-102)86(105)128)53-144-54-81(123)106-79(51-104)97(139)115-74(48-62-29-35-67(36-30-62)143-52-83(126)127)92(134)116-78(50-82(124)125)94(136)114-77(49-63-20-14-17-58(7)44-63)96(138)120-85(57(5)6)100(142)117-75(46-60-25-31-65(32-26-60)64-21-12-9-13-22-64)93(135)113-73(47-61-27-33-66(122)34-28-61)91(133)108-69(23-15-39-101)87(129)111-72/h9,12-14,17,20-22,25-36,44,55-57,59,68-80,84-85,121-122H,8,10-11,15-16,18-19,23-24,37-43,45-54,101-104H2,1-7H3,(H2,105,128)(H,106,123)(H,107,140)(H,108,133)(H,109,132)(H,110,141)(H,111,129)(H,112,131)(H,113,135)(H,114,136)(H,115,139)(H,116,134)(H,117,142)(H,118,130)(H,119,137)(H,120,138)(H,124,125)(H,126,127)/t68-,69-,70?,71-,72+,73-,74-,75-,76-,77-,78-,79-,80-,84-,85-/m0/s1. The molecule has 29 N–H and O–H groups in total. The minimum absolute atomic E-state index is 0.0149. The number of thioether (sulfide) groups is 1. The van der Waals surface area contributed by atoms with Gasteiger partial charge >= 0.3 is 11.9 Å². The molecule has 144 heavy (non-hydrogen) atoms. The van der Waals surface area contributed by atoms with Crippen LogP contribution in [0.25, 0.3) is 11.1 Å². The van der Waals surface area contributed by atoms with Crippen molar-refractivity contribution >= 4 is 118 Å². The molecule has 2 aliphatic rings. The number of benzene rings is 5. The number of carboxylic acids is 2. The molecule has 786 valence electrons. The second kappa shape index (κ2) is 60.0. The van der Waals surface area contributed by atoms with Gasteiger partial charge in [0.2, 0.25) is 94.5 Å². The van der Waals surface area contributed by atoms with Gasteiger partial charge < -0.3 is 134 Å². The fourth-order valence-electron chi connectivity index (χ4n) is 16.4. The highest BCUT2D eigenvalue weighted by Crippen LogP contribution is 2.29. The normalized spacial score (nSPS) is 23.2. The van der Waals surface area contributed by atoms with Gasteiger partial charge in [0.15, 0.2) is 6.61 Å². The summed E-state index contributed by atoms with van der Waals surface area (Å²) in [6.45, 7) is 9.18. The number of hydrogen-bond acceptors (Lipinski definition) is 26. The first-order valence-corrected chi connectivity index (χ1v) is 49.7. The summed E-state index contributed by atoms with van der Waals surface area (Å²) in [7, 11) is 0. The highest BCUT2D eigenvalue weighted by molar-refractivity contribution is 8.00. The predicted octanol–water partition coefficient (Wildman–Crippen LogP) is -1.42. The first-order chi connectivity index (χ1) is 68.6. The van der Waals surface area contributed by atoms with Crippen LogP contribution in [0.2, 0.25) is 0 Å². The molecule has 15 atom stereocenters. The fourth-order valence-corrected chi connectivity index (χ4v) is 17.3. The number of nitrogens with two attached hydrogens (primary N) is 5. The number of phenolic OH excluding ortho intramolecular Hbond substituents is 1. The molecule has 1 heterocycles. The number of ether oxygens (including phenoxy) is 1. The van der Waals surface area contributed by atoms with E-state index < -0.39 is 253 Å². The number of aromatic hydroxyl groups is 1. The van der Waals surface area contributed by atoms with Crippen LogP contribution < -0.4 is 113 Å². The number of carboxylic acid groups (broad SMARTS) is 2. The van der Waals surface area contributed by atoms with Gasteiger partial charge in [0, 0.05) is 44.6 Å². The summed E-state index contributed by atoms with van der Waals surface area (Å²) in [5, 5.41) is 80.1. The molecule has 1 aliphatic carbocycles. The zero-order valence-electron chi connectivity index (χ0n) is 82.3. The number of carbonyl (C=O) groups is 18.